The van der Waals surface area contributed by atoms with E-state index in [1.807, 2.05) is 20.8 Å². The van der Waals surface area contributed by atoms with E-state index in [0.717, 1.165) is 38.5 Å². The summed E-state index contributed by atoms with van der Waals surface area (Å²) in [6, 6.07) is -0.555. The van der Waals surface area contributed by atoms with E-state index in [1.54, 1.807) is 4.90 Å². The number of nitrogens with one attached hydrogen (secondary N) is 1. The van der Waals surface area contributed by atoms with Crippen molar-refractivity contribution in [1.29, 1.82) is 0 Å². The van der Waals surface area contributed by atoms with Crippen LogP contribution in [0.4, 0.5) is 0 Å². The highest BCUT2D eigenvalue weighted by Gasteiger charge is 2.39. The van der Waals surface area contributed by atoms with E-state index >= 15 is 0 Å². The predicted molar refractivity (Wildman–Crippen MR) is 103 cm³/mol. The zero-order chi connectivity index (χ0) is 20.4. The smallest absolute Gasteiger partial charge is 0.286 e. The molecule has 0 aromatic carbocycles. The minimum atomic E-state index is -0.555. The minimum absolute atomic E-state index is 0.0168. The fraction of sp³-hybridized carbons (Fsp3) is 0.800. The number of Topliss-reactive ketones (excluding diaryl/α,β-unsaturated/α-hetero) is 1. The third-order valence-electron chi connectivity index (χ3n) is 6.45. The zero-order valence-corrected chi connectivity index (χ0v) is 17.2. The number of carbonyl (C=O) groups excluding carboxylic acids is 2. The van der Waals surface area contributed by atoms with Crippen molar-refractivity contribution in [3.05, 3.63) is 11.8 Å². The van der Waals surface area contributed by atoms with Crippen LogP contribution in [0.25, 0.3) is 0 Å². The largest absolute Gasteiger partial charge is 0.418 e. The van der Waals surface area contributed by atoms with Crippen molar-refractivity contribution in [1.82, 2.24) is 20.4 Å². The molecule has 1 amide bonds. The van der Waals surface area contributed by atoms with Gasteiger partial charge in [0.25, 0.3) is 5.89 Å². The molecular formula is C20H32N4O4. The number of aliphatic hydroxyl groups excluding tert-OH is 1. The highest BCUT2D eigenvalue weighted by atomic mass is 16.4. The summed E-state index contributed by atoms with van der Waals surface area (Å²) in [4.78, 5) is 27.3. The molecule has 1 saturated heterocycles. The fourth-order valence-electron chi connectivity index (χ4n) is 4.04. The predicted octanol–water partition coefficient (Wildman–Crippen LogP) is 1.83. The Kier molecular flexibility index (Phi) is 6.19. The van der Waals surface area contributed by atoms with Gasteiger partial charge >= 0.3 is 0 Å². The molecule has 8 heteroatoms. The van der Waals surface area contributed by atoms with E-state index in [4.69, 9.17) is 4.42 Å². The summed E-state index contributed by atoms with van der Waals surface area (Å²) >= 11 is 0. The van der Waals surface area contributed by atoms with Gasteiger partial charge in [-0.25, -0.2) is 0 Å². The Morgan fingerprint density at radius 2 is 2.00 bits per heavy atom. The second-order valence-corrected chi connectivity index (χ2v) is 8.76. The average molecular weight is 393 g/mol. The molecule has 1 saturated carbocycles. The van der Waals surface area contributed by atoms with Crippen LogP contribution in [-0.2, 0) is 10.2 Å². The van der Waals surface area contributed by atoms with E-state index in [0.29, 0.717) is 18.9 Å². The van der Waals surface area contributed by atoms with Gasteiger partial charge in [0.15, 0.2) is 0 Å². The number of likely N-dealkylation sites (tertiary alicyclic amines) is 1. The van der Waals surface area contributed by atoms with Crippen molar-refractivity contribution in [3.8, 4) is 0 Å². The van der Waals surface area contributed by atoms with Crippen LogP contribution in [0.3, 0.4) is 0 Å². The van der Waals surface area contributed by atoms with Crippen molar-refractivity contribution in [2.24, 2.45) is 0 Å². The van der Waals surface area contributed by atoms with Gasteiger partial charge in [-0.2, -0.15) is 0 Å². The van der Waals surface area contributed by atoms with Crippen LogP contribution in [0.2, 0.25) is 0 Å². The summed E-state index contributed by atoms with van der Waals surface area (Å²) in [5, 5.41) is 20.9. The maximum atomic E-state index is 12.9. The number of amides is 1. The van der Waals surface area contributed by atoms with Crippen molar-refractivity contribution in [2.45, 2.75) is 82.7 Å². The summed E-state index contributed by atoms with van der Waals surface area (Å²) in [6.45, 7) is 6.71. The van der Waals surface area contributed by atoms with Crippen molar-refractivity contribution in [3.63, 3.8) is 0 Å². The first-order chi connectivity index (χ1) is 13.3. The molecule has 1 atom stereocenters. The maximum Gasteiger partial charge on any atom is 0.286 e. The van der Waals surface area contributed by atoms with Gasteiger partial charge in [-0.05, 0) is 32.1 Å². The standard InChI is InChI=1S/C20H32N4O4/c1-4-19(2,3)18-23-22-17(28-18)16(27)14-8-7-11-24(14)15(26)12-21-20(13-25)9-5-6-10-20/h14,21,25H,4-13H2,1-3H3. The van der Waals surface area contributed by atoms with Crippen molar-refractivity contribution in [2.75, 3.05) is 19.7 Å². The molecule has 1 unspecified atom stereocenters. The Morgan fingerprint density at radius 3 is 2.64 bits per heavy atom. The lowest BCUT2D eigenvalue weighted by atomic mass is 9.90. The number of nitrogens with zero attached hydrogens (tertiary/aromatic N) is 3. The van der Waals surface area contributed by atoms with Gasteiger partial charge in [0.05, 0.1) is 13.2 Å². The van der Waals surface area contributed by atoms with Gasteiger partial charge in [-0.15, -0.1) is 10.2 Å². The second kappa shape index (κ2) is 8.29. The van der Waals surface area contributed by atoms with Crippen molar-refractivity contribution < 1.29 is 19.1 Å². The Morgan fingerprint density at radius 1 is 1.29 bits per heavy atom. The number of carbonyl (C=O) groups is 2. The molecular weight excluding hydrogens is 360 g/mol. The molecule has 28 heavy (non-hydrogen) atoms. The number of aliphatic hydroxyl groups is 1. The molecule has 1 aliphatic heterocycles. The third kappa shape index (κ3) is 4.12. The van der Waals surface area contributed by atoms with E-state index in [1.165, 1.54) is 0 Å². The third-order valence-corrected chi connectivity index (χ3v) is 6.45. The number of ketones is 1. The molecule has 0 bridgehead atoms. The quantitative estimate of drug-likeness (QED) is 0.650. The Balaban J connectivity index is 1.65. The average Bonchev–Trinajstić information content (AvgIpc) is 3.46. The Labute approximate surface area is 166 Å². The Hall–Kier alpha value is -1.80. The lowest BCUT2D eigenvalue weighted by molar-refractivity contribution is -0.130. The summed E-state index contributed by atoms with van der Waals surface area (Å²) in [5.41, 5.74) is -0.650. The number of rotatable bonds is 8. The zero-order valence-electron chi connectivity index (χ0n) is 17.2. The van der Waals surface area contributed by atoms with Gasteiger partial charge in [0.2, 0.25) is 17.6 Å². The van der Waals surface area contributed by atoms with Gasteiger partial charge in [0.1, 0.15) is 6.04 Å². The molecule has 0 spiro atoms. The SMILES string of the molecule is CCC(C)(C)c1nnc(C(=O)C2CCCN2C(=O)CNC2(CO)CCCC2)o1. The van der Waals surface area contributed by atoms with E-state index in [-0.39, 0.29) is 41.7 Å². The van der Waals surface area contributed by atoms with Crippen LogP contribution in [0.1, 0.15) is 82.3 Å². The lowest BCUT2D eigenvalue weighted by Gasteiger charge is -2.30. The molecule has 1 aromatic heterocycles. The summed E-state index contributed by atoms with van der Waals surface area (Å²) in [7, 11) is 0. The summed E-state index contributed by atoms with van der Waals surface area (Å²) < 4.78 is 5.66. The van der Waals surface area contributed by atoms with Crippen LogP contribution in [0.15, 0.2) is 4.42 Å². The fourth-order valence-corrected chi connectivity index (χ4v) is 4.04. The van der Waals surface area contributed by atoms with Crippen molar-refractivity contribution >= 4 is 11.7 Å². The molecule has 0 radical (unpaired) electrons. The second-order valence-electron chi connectivity index (χ2n) is 8.76. The monoisotopic (exact) mass is 392 g/mol. The van der Waals surface area contributed by atoms with Crippen LogP contribution < -0.4 is 5.32 Å². The van der Waals surface area contributed by atoms with Crippen LogP contribution in [0, 0.1) is 0 Å². The molecule has 2 fully saturated rings. The number of aromatic nitrogens is 2. The first-order valence-corrected chi connectivity index (χ1v) is 10.4. The molecule has 3 rings (SSSR count). The first-order valence-electron chi connectivity index (χ1n) is 10.4. The summed E-state index contributed by atoms with van der Waals surface area (Å²) in [6.07, 6.45) is 6.04. The number of hydrogen-bond acceptors (Lipinski definition) is 7. The number of hydrogen-bond donors (Lipinski definition) is 2. The molecule has 156 valence electrons. The van der Waals surface area contributed by atoms with Crippen LogP contribution >= 0.6 is 0 Å². The van der Waals surface area contributed by atoms with Gasteiger partial charge in [0, 0.05) is 17.5 Å². The Bertz CT molecular complexity index is 709. The maximum absolute atomic E-state index is 12.9. The minimum Gasteiger partial charge on any atom is -0.418 e. The first kappa shape index (κ1) is 20.9. The highest BCUT2D eigenvalue weighted by molar-refractivity contribution is 5.98. The van der Waals surface area contributed by atoms with E-state index in [2.05, 4.69) is 15.5 Å². The van der Waals surface area contributed by atoms with Gasteiger partial charge in [-0.3, -0.25) is 9.59 Å². The molecule has 2 N–H and O–H groups in total. The van der Waals surface area contributed by atoms with E-state index in [9.17, 15) is 14.7 Å². The lowest BCUT2D eigenvalue weighted by Crippen LogP contribution is -2.52. The molecule has 2 aliphatic rings. The van der Waals surface area contributed by atoms with Gasteiger partial charge in [-0.1, -0.05) is 33.6 Å². The topological polar surface area (TPSA) is 109 Å². The molecule has 2 heterocycles. The van der Waals surface area contributed by atoms with Crippen LogP contribution in [0.5, 0.6) is 0 Å². The van der Waals surface area contributed by atoms with E-state index < -0.39 is 6.04 Å². The molecule has 8 nitrogen and oxygen atoms in total. The molecule has 1 aromatic rings. The van der Waals surface area contributed by atoms with Gasteiger partial charge < -0.3 is 19.7 Å². The normalized spacial score (nSPS) is 22.0. The highest BCUT2D eigenvalue weighted by Crippen LogP contribution is 2.30. The summed E-state index contributed by atoms with van der Waals surface area (Å²) in [5.74, 6) is 0.0252. The van der Waals surface area contributed by atoms with Crippen LogP contribution in [-0.4, -0.2) is 63.2 Å². The molecule has 1 aliphatic carbocycles.